The van der Waals surface area contributed by atoms with Crippen LogP contribution in [0.5, 0.6) is 5.75 Å². The topological polar surface area (TPSA) is 35.2 Å². The summed E-state index contributed by atoms with van der Waals surface area (Å²) in [7, 11) is 0. The van der Waals surface area contributed by atoms with Crippen LogP contribution in [0.15, 0.2) is 48.5 Å². The first kappa shape index (κ1) is 13.9. The van der Waals surface area contributed by atoms with E-state index < -0.39 is 0 Å². The maximum Gasteiger partial charge on any atom is 0.122 e. The highest BCUT2D eigenvalue weighted by atomic mass is 35.5. The number of rotatable bonds is 6. The van der Waals surface area contributed by atoms with Gasteiger partial charge in [0.25, 0.3) is 0 Å². The SMILES string of the molecule is NCCCOc1ccc(Cl)cc1Cc1ccccc1. The van der Waals surface area contributed by atoms with Crippen LogP contribution in [0.3, 0.4) is 0 Å². The van der Waals surface area contributed by atoms with Crippen LogP contribution in [0.25, 0.3) is 0 Å². The van der Waals surface area contributed by atoms with E-state index in [2.05, 4.69) is 12.1 Å². The summed E-state index contributed by atoms with van der Waals surface area (Å²) in [5.74, 6) is 0.890. The van der Waals surface area contributed by atoms with Gasteiger partial charge < -0.3 is 10.5 Å². The minimum Gasteiger partial charge on any atom is -0.493 e. The maximum absolute atomic E-state index is 6.07. The molecule has 0 unspecified atom stereocenters. The van der Waals surface area contributed by atoms with Crippen molar-refractivity contribution in [3.8, 4) is 5.75 Å². The highest BCUT2D eigenvalue weighted by molar-refractivity contribution is 6.30. The van der Waals surface area contributed by atoms with E-state index >= 15 is 0 Å². The lowest BCUT2D eigenvalue weighted by molar-refractivity contribution is 0.310. The zero-order chi connectivity index (χ0) is 13.5. The van der Waals surface area contributed by atoms with E-state index in [1.54, 1.807) is 0 Å². The molecule has 3 heteroatoms. The van der Waals surface area contributed by atoms with Crippen molar-refractivity contribution < 1.29 is 4.74 Å². The number of hydrogen-bond acceptors (Lipinski definition) is 2. The summed E-state index contributed by atoms with van der Waals surface area (Å²) in [6, 6.07) is 16.0. The summed E-state index contributed by atoms with van der Waals surface area (Å²) in [6.45, 7) is 1.28. The van der Waals surface area contributed by atoms with E-state index in [1.165, 1.54) is 5.56 Å². The van der Waals surface area contributed by atoms with Crippen molar-refractivity contribution in [3.63, 3.8) is 0 Å². The van der Waals surface area contributed by atoms with Crippen molar-refractivity contribution in [2.24, 2.45) is 5.73 Å². The lowest BCUT2D eigenvalue weighted by atomic mass is 10.0. The van der Waals surface area contributed by atoms with E-state index in [0.717, 1.165) is 29.2 Å². The molecule has 0 atom stereocenters. The monoisotopic (exact) mass is 275 g/mol. The predicted molar refractivity (Wildman–Crippen MR) is 79.9 cm³/mol. The highest BCUT2D eigenvalue weighted by Crippen LogP contribution is 2.25. The summed E-state index contributed by atoms with van der Waals surface area (Å²) >= 11 is 6.07. The fourth-order valence-corrected chi connectivity index (χ4v) is 2.10. The van der Waals surface area contributed by atoms with Gasteiger partial charge in [0.2, 0.25) is 0 Å². The smallest absolute Gasteiger partial charge is 0.122 e. The fraction of sp³-hybridized carbons (Fsp3) is 0.250. The Labute approximate surface area is 119 Å². The summed E-state index contributed by atoms with van der Waals surface area (Å²) in [5.41, 5.74) is 7.83. The Morgan fingerprint density at radius 3 is 2.58 bits per heavy atom. The third-order valence-electron chi connectivity index (χ3n) is 2.87. The molecule has 0 saturated carbocycles. The second-order valence-corrected chi connectivity index (χ2v) is 4.84. The van der Waals surface area contributed by atoms with Gasteiger partial charge in [-0.15, -0.1) is 0 Å². The van der Waals surface area contributed by atoms with Crippen LogP contribution < -0.4 is 10.5 Å². The zero-order valence-electron chi connectivity index (χ0n) is 10.8. The largest absolute Gasteiger partial charge is 0.493 e. The zero-order valence-corrected chi connectivity index (χ0v) is 11.6. The summed E-state index contributed by atoms with van der Waals surface area (Å²) in [4.78, 5) is 0. The van der Waals surface area contributed by atoms with Crippen molar-refractivity contribution in [1.29, 1.82) is 0 Å². The number of ether oxygens (including phenoxy) is 1. The molecule has 0 bridgehead atoms. The Balaban J connectivity index is 2.15. The van der Waals surface area contributed by atoms with E-state index in [1.807, 2.05) is 36.4 Å². The predicted octanol–water partition coefficient (Wildman–Crippen LogP) is 3.66. The summed E-state index contributed by atoms with van der Waals surface area (Å²) < 4.78 is 5.77. The Hall–Kier alpha value is -1.51. The Bertz CT molecular complexity index is 513. The Kier molecular flexibility index (Phi) is 5.25. The number of nitrogens with two attached hydrogens (primary N) is 1. The quantitative estimate of drug-likeness (QED) is 0.817. The van der Waals surface area contributed by atoms with Crippen molar-refractivity contribution in [2.75, 3.05) is 13.2 Å². The molecule has 19 heavy (non-hydrogen) atoms. The molecule has 2 rings (SSSR count). The molecule has 2 nitrogen and oxygen atoms in total. The molecule has 0 aliphatic rings. The lowest BCUT2D eigenvalue weighted by Crippen LogP contribution is -2.07. The van der Waals surface area contributed by atoms with Gasteiger partial charge in [-0.1, -0.05) is 41.9 Å². The molecule has 2 aromatic carbocycles. The average Bonchev–Trinajstić information content (AvgIpc) is 2.43. The van der Waals surface area contributed by atoms with Crippen LogP contribution in [-0.2, 0) is 6.42 Å². The molecule has 100 valence electrons. The lowest BCUT2D eigenvalue weighted by Gasteiger charge is -2.12. The summed E-state index contributed by atoms with van der Waals surface area (Å²) in [6.07, 6.45) is 1.67. The van der Waals surface area contributed by atoms with Crippen molar-refractivity contribution in [3.05, 3.63) is 64.7 Å². The van der Waals surface area contributed by atoms with Gasteiger partial charge in [0.1, 0.15) is 5.75 Å². The Morgan fingerprint density at radius 2 is 1.84 bits per heavy atom. The molecule has 2 N–H and O–H groups in total. The highest BCUT2D eigenvalue weighted by Gasteiger charge is 2.06. The molecule has 0 spiro atoms. The fourth-order valence-electron chi connectivity index (χ4n) is 1.91. The molecule has 2 aromatic rings. The standard InChI is InChI=1S/C16H18ClNO/c17-15-7-8-16(19-10-4-9-18)14(12-15)11-13-5-2-1-3-6-13/h1-3,5-8,12H,4,9-11,18H2. The molecular weight excluding hydrogens is 258 g/mol. The number of benzene rings is 2. The third-order valence-corrected chi connectivity index (χ3v) is 3.10. The minimum absolute atomic E-state index is 0.639. The molecule has 0 saturated heterocycles. The molecule has 0 fully saturated rings. The van der Waals surface area contributed by atoms with E-state index in [0.29, 0.717) is 13.2 Å². The van der Waals surface area contributed by atoms with E-state index in [9.17, 15) is 0 Å². The average molecular weight is 276 g/mol. The van der Waals surface area contributed by atoms with Gasteiger partial charge in [0.15, 0.2) is 0 Å². The molecule has 0 aromatic heterocycles. The molecular formula is C16H18ClNO. The second kappa shape index (κ2) is 7.17. The minimum atomic E-state index is 0.639. The first-order chi connectivity index (χ1) is 9.29. The first-order valence-electron chi connectivity index (χ1n) is 6.45. The van der Waals surface area contributed by atoms with Crippen LogP contribution in [0.4, 0.5) is 0 Å². The van der Waals surface area contributed by atoms with Gasteiger partial charge in [-0.3, -0.25) is 0 Å². The number of halogens is 1. The van der Waals surface area contributed by atoms with Gasteiger partial charge in [-0.05, 0) is 42.3 Å². The van der Waals surface area contributed by atoms with Crippen LogP contribution in [-0.4, -0.2) is 13.2 Å². The van der Waals surface area contributed by atoms with E-state index in [4.69, 9.17) is 22.1 Å². The van der Waals surface area contributed by atoms with Gasteiger partial charge in [-0.25, -0.2) is 0 Å². The molecule has 0 amide bonds. The van der Waals surface area contributed by atoms with Crippen molar-refractivity contribution >= 4 is 11.6 Å². The maximum atomic E-state index is 6.07. The van der Waals surface area contributed by atoms with Crippen molar-refractivity contribution in [1.82, 2.24) is 0 Å². The van der Waals surface area contributed by atoms with Gasteiger partial charge >= 0.3 is 0 Å². The molecule has 0 aliphatic carbocycles. The third kappa shape index (κ3) is 4.27. The van der Waals surface area contributed by atoms with Crippen molar-refractivity contribution in [2.45, 2.75) is 12.8 Å². The number of hydrogen-bond donors (Lipinski definition) is 1. The molecule has 0 heterocycles. The molecule has 0 aliphatic heterocycles. The molecule has 0 radical (unpaired) electrons. The van der Waals surface area contributed by atoms with Crippen LogP contribution in [0.1, 0.15) is 17.5 Å². The van der Waals surface area contributed by atoms with Gasteiger partial charge in [-0.2, -0.15) is 0 Å². The van der Waals surface area contributed by atoms with E-state index in [-0.39, 0.29) is 0 Å². The van der Waals surface area contributed by atoms with Crippen LogP contribution in [0, 0.1) is 0 Å². The Morgan fingerprint density at radius 1 is 1.05 bits per heavy atom. The normalized spacial score (nSPS) is 10.4. The van der Waals surface area contributed by atoms with Crippen LogP contribution in [0.2, 0.25) is 5.02 Å². The van der Waals surface area contributed by atoms with Gasteiger partial charge in [0, 0.05) is 11.4 Å². The van der Waals surface area contributed by atoms with Crippen LogP contribution >= 0.6 is 11.6 Å². The first-order valence-corrected chi connectivity index (χ1v) is 6.82. The second-order valence-electron chi connectivity index (χ2n) is 4.41. The van der Waals surface area contributed by atoms with Gasteiger partial charge in [0.05, 0.1) is 6.61 Å². The summed E-state index contributed by atoms with van der Waals surface area (Å²) in [5, 5.41) is 0.733.